The van der Waals surface area contributed by atoms with E-state index in [1.807, 2.05) is 4.90 Å². The van der Waals surface area contributed by atoms with Crippen LogP contribution < -0.4 is 10.6 Å². The van der Waals surface area contributed by atoms with E-state index in [-0.39, 0.29) is 11.9 Å². The van der Waals surface area contributed by atoms with Crippen molar-refractivity contribution in [1.29, 1.82) is 0 Å². The normalized spacial score (nSPS) is 22.8. The summed E-state index contributed by atoms with van der Waals surface area (Å²) in [6, 6.07) is 1.84. The molecule has 3 aliphatic rings. The minimum atomic E-state index is -0.160. The van der Waals surface area contributed by atoms with E-state index in [0.717, 1.165) is 70.5 Å². The zero-order valence-electron chi connectivity index (χ0n) is 16.8. The Labute approximate surface area is 166 Å². The lowest BCUT2D eigenvalue weighted by atomic mass is 9.89. The summed E-state index contributed by atoms with van der Waals surface area (Å²) in [5.74, 6) is 2.36. The molecule has 1 saturated carbocycles. The van der Waals surface area contributed by atoms with Gasteiger partial charge in [-0.3, -0.25) is 9.59 Å². The first-order valence-electron chi connectivity index (χ1n) is 10.9. The van der Waals surface area contributed by atoms with E-state index in [9.17, 15) is 9.59 Å². The Balaban J connectivity index is 1.21. The van der Waals surface area contributed by atoms with Crippen LogP contribution in [0.4, 0.5) is 0 Å². The average molecular weight is 389 g/mol. The highest BCUT2D eigenvalue weighted by Gasteiger charge is 2.31. The first-order valence-corrected chi connectivity index (χ1v) is 10.9. The highest BCUT2D eigenvalue weighted by Crippen LogP contribution is 2.40. The molecular weight excluding hydrogens is 356 g/mol. The van der Waals surface area contributed by atoms with Gasteiger partial charge < -0.3 is 20.1 Å². The highest BCUT2D eigenvalue weighted by atomic mass is 16.5. The maximum atomic E-state index is 12.6. The molecule has 28 heavy (non-hydrogen) atoms. The summed E-state index contributed by atoms with van der Waals surface area (Å²) in [6.07, 6.45) is 7.03. The topological polar surface area (TPSA) is 87.5 Å². The van der Waals surface area contributed by atoms with Crippen molar-refractivity contribution in [2.75, 3.05) is 26.2 Å². The minimum Gasteiger partial charge on any atom is -0.360 e. The molecule has 1 aliphatic carbocycles. The molecule has 3 fully saturated rings. The summed E-state index contributed by atoms with van der Waals surface area (Å²) >= 11 is 0. The van der Waals surface area contributed by atoms with E-state index in [1.54, 1.807) is 6.07 Å². The number of aromatic nitrogens is 1. The Morgan fingerprint density at radius 3 is 2.61 bits per heavy atom. The molecule has 1 aromatic rings. The first kappa shape index (κ1) is 19.4. The van der Waals surface area contributed by atoms with Crippen LogP contribution in [0.1, 0.15) is 74.0 Å². The summed E-state index contributed by atoms with van der Waals surface area (Å²) in [7, 11) is 0. The standard InChI is InChI=1S/C21H32N4O3/c1-14(23-21(27)18-13-19(28-24-18)17-2-3-17)16-6-10-25(11-7-16)20(26)12-15-4-8-22-9-5-15/h13-17,22H,2-12H2,1H3,(H,23,27)/t14-/m0/s1. The maximum Gasteiger partial charge on any atom is 0.273 e. The molecule has 3 heterocycles. The zero-order chi connectivity index (χ0) is 19.5. The number of hydrogen-bond donors (Lipinski definition) is 2. The van der Waals surface area contributed by atoms with Crippen LogP contribution in [0.3, 0.4) is 0 Å². The molecule has 0 spiro atoms. The van der Waals surface area contributed by atoms with Gasteiger partial charge in [-0.05, 0) is 70.4 Å². The Morgan fingerprint density at radius 1 is 1.21 bits per heavy atom. The van der Waals surface area contributed by atoms with Crippen molar-refractivity contribution in [1.82, 2.24) is 20.7 Å². The van der Waals surface area contributed by atoms with Gasteiger partial charge in [-0.25, -0.2) is 0 Å². The van der Waals surface area contributed by atoms with Gasteiger partial charge in [0.1, 0.15) is 5.76 Å². The molecule has 0 radical (unpaired) electrons. The number of carbonyl (C=O) groups excluding carboxylic acids is 2. The van der Waals surface area contributed by atoms with Gasteiger partial charge in [0, 0.05) is 37.5 Å². The first-order chi connectivity index (χ1) is 13.6. The quantitative estimate of drug-likeness (QED) is 0.781. The fourth-order valence-electron chi connectivity index (χ4n) is 4.47. The molecule has 4 rings (SSSR count). The van der Waals surface area contributed by atoms with E-state index in [4.69, 9.17) is 4.52 Å². The summed E-state index contributed by atoms with van der Waals surface area (Å²) in [6.45, 7) is 5.71. The number of nitrogens with zero attached hydrogens (tertiary/aromatic N) is 2. The fraction of sp³-hybridized carbons (Fsp3) is 0.762. The van der Waals surface area contributed by atoms with Gasteiger partial charge in [-0.2, -0.15) is 0 Å². The third-order valence-electron chi connectivity index (χ3n) is 6.62. The predicted molar refractivity (Wildman–Crippen MR) is 105 cm³/mol. The molecule has 7 nitrogen and oxygen atoms in total. The summed E-state index contributed by atoms with van der Waals surface area (Å²) in [5, 5.41) is 10.4. The van der Waals surface area contributed by atoms with E-state index >= 15 is 0 Å². The Morgan fingerprint density at radius 2 is 1.93 bits per heavy atom. The van der Waals surface area contributed by atoms with Crippen LogP contribution in [-0.4, -0.2) is 54.1 Å². The minimum absolute atomic E-state index is 0.0650. The zero-order valence-corrected chi connectivity index (χ0v) is 16.8. The summed E-state index contributed by atoms with van der Waals surface area (Å²) in [4.78, 5) is 27.1. The van der Waals surface area contributed by atoms with Crippen LogP contribution in [0, 0.1) is 11.8 Å². The van der Waals surface area contributed by atoms with Crippen LogP contribution in [-0.2, 0) is 4.79 Å². The Hall–Kier alpha value is -1.89. The van der Waals surface area contributed by atoms with Crippen molar-refractivity contribution < 1.29 is 14.1 Å². The molecule has 0 unspecified atom stereocenters. The number of carbonyl (C=O) groups is 2. The monoisotopic (exact) mass is 388 g/mol. The molecule has 0 bridgehead atoms. The number of piperidine rings is 2. The lowest BCUT2D eigenvalue weighted by Crippen LogP contribution is -2.46. The van der Waals surface area contributed by atoms with Gasteiger partial charge in [0.2, 0.25) is 5.91 Å². The van der Waals surface area contributed by atoms with Crippen molar-refractivity contribution in [3.8, 4) is 0 Å². The molecular formula is C21H32N4O3. The second kappa shape index (κ2) is 8.64. The number of amides is 2. The predicted octanol–water partition coefficient (Wildman–Crippen LogP) is 2.30. The van der Waals surface area contributed by atoms with Gasteiger partial charge in [0.15, 0.2) is 5.69 Å². The molecule has 0 aromatic carbocycles. The van der Waals surface area contributed by atoms with E-state index in [2.05, 4.69) is 22.7 Å². The van der Waals surface area contributed by atoms with E-state index in [0.29, 0.717) is 35.8 Å². The Kier molecular flexibility index (Phi) is 5.99. The van der Waals surface area contributed by atoms with Gasteiger partial charge in [0.25, 0.3) is 5.91 Å². The second-order valence-corrected chi connectivity index (χ2v) is 8.77. The van der Waals surface area contributed by atoms with Crippen LogP contribution >= 0.6 is 0 Å². The van der Waals surface area contributed by atoms with Crippen molar-refractivity contribution in [3.63, 3.8) is 0 Å². The molecule has 1 atom stereocenters. The third kappa shape index (κ3) is 4.74. The van der Waals surface area contributed by atoms with Crippen molar-refractivity contribution >= 4 is 11.8 Å². The van der Waals surface area contributed by atoms with Crippen molar-refractivity contribution in [2.45, 2.75) is 63.8 Å². The number of nitrogens with one attached hydrogen (secondary N) is 2. The van der Waals surface area contributed by atoms with Gasteiger partial charge in [-0.1, -0.05) is 5.16 Å². The van der Waals surface area contributed by atoms with Gasteiger partial charge in [0.05, 0.1) is 0 Å². The molecule has 2 saturated heterocycles. The van der Waals surface area contributed by atoms with Crippen LogP contribution in [0.5, 0.6) is 0 Å². The van der Waals surface area contributed by atoms with Crippen molar-refractivity contribution in [3.05, 3.63) is 17.5 Å². The third-order valence-corrected chi connectivity index (χ3v) is 6.62. The molecule has 154 valence electrons. The van der Waals surface area contributed by atoms with Crippen LogP contribution in [0.15, 0.2) is 10.6 Å². The van der Waals surface area contributed by atoms with E-state index < -0.39 is 0 Å². The summed E-state index contributed by atoms with van der Waals surface area (Å²) in [5.41, 5.74) is 0.378. The highest BCUT2D eigenvalue weighted by molar-refractivity contribution is 5.92. The number of rotatable bonds is 6. The van der Waals surface area contributed by atoms with Crippen LogP contribution in [0.25, 0.3) is 0 Å². The average Bonchev–Trinajstić information content (AvgIpc) is 3.45. The smallest absolute Gasteiger partial charge is 0.273 e. The fourth-order valence-corrected chi connectivity index (χ4v) is 4.47. The second-order valence-electron chi connectivity index (χ2n) is 8.77. The lowest BCUT2D eigenvalue weighted by Gasteiger charge is -2.36. The van der Waals surface area contributed by atoms with Gasteiger partial charge in [-0.15, -0.1) is 0 Å². The van der Waals surface area contributed by atoms with Gasteiger partial charge >= 0.3 is 0 Å². The summed E-state index contributed by atoms with van der Waals surface area (Å²) < 4.78 is 5.28. The van der Waals surface area contributed by atoms with Crippen LogP contribution in [0.2, 0.25) is 0 Å². The number of likely N-dealkylation sites (tertiary alicyclic amines) is 1. The van der Waals surface area contributed by atoms with E-state index in [1.165, 1.54) is 0 Å². The molecule has 2 N–H and O–H groups in total. The molecule has 1 aromatic heterocycles. The molecule has 2 aliphatic heterocycles. The lowest BCUT2D eigenvalue weighted by molar-refractivity contribution is -0.133. The SMILES string of the molecule is C[C@H](NC(=O)c1cc(C2CC2)on1)C1CCN(C(=O)CC2CCNCC2)CC1. The maximum absolute atomic E-state index is 12.6. The largest absolute Gasteiger partial charge is 0.360 e. The van der Waals surface area contributed by atoms with Crippen molar-refractivity contribution in [2.24, 2.45) is 11.8 Å². The molecule has 7 heteroatoms. The Bertz CT molecular complexity index is 686. The molecule has 2 amide bonds. The number of hydrogen-bond acceptors (Lipinski definition) is 5.